The van der Waals surface area contributed by atoms with Crippen LogP contribution in [0.5, 0.6) is 5.75 Å². The van der Waals surface area contributed by atoms with Gasteiger partial charge in [-0.15, -0.1) is 11.3 Å². The van der Waals surface area contributed by atoms with E-state index in [-0.39, 0.29) is 5.91 Å². The Hall–Kier alpha value is -4.42. The van der Waals surface area contributed by atoms with Gasteiger partial charge in [-0.25, -0.2) is 5.43 Å². The predicted molar refractivity (Wildman–Crippen MR) is 147 cm³/mol. The van der Waals surface area contributed by atoms with Crippen LogP contribution in [0.25, 0.3) is 28.2 Å². The van der Waals surface area contributed by atoms with Gasteiger partial charge in [0.1, 0.15) is 5.75 Å². The number of ether oxygens (including phenoxy) is 1. The van der Waals surface area contributed by atoms with Gasteiger partial charge in [0.05, 0.1) is 29.1 Å². The van der Waals surface area contributed by atoms with Gasteiger partial charge in [0, 0.05) is 11.3 Å². The third-order valence-electron chi connectivity index (χ3n) is 5.67. The lowest BCUT2D eigenvalue weighted by molar-refractivity contribution is 0.0959. The summed E-state index contributed by atoms with van der Waals surface area (Å²) in [7, 11) is 0. The number of thiophene rings is 1. The van der Waals surface area contributed by atoms with Gasteiger partial charge < -0.3 is 9.30 Å². The van der Waals surface area contributed by atoms with E-state index in [0.717, 1.165) is 39.5 Å². The number of hydrogen-bond acceptors (Lipinski definition) is 4. The van der Waals surface area contributed by atoms with Crippen LogP contribution in [-0.2, 0) is 0 Å². The van der Waals surface area contributed by atoms with E-state index in [0.29, 0.717) is 11.5 Å². The summed E-state index contributed by atoms with van der Waals surface area (Å²) in [4.78, 5) is 13.0. The average molecular weight is 492 g/mol. The molecule has 0 spiro atoms. The highest BCUT2D eigenvalue weighted by atomic mass is 32.1. The maximum Gasteiger partial charge on any atom is 0.281 e. The Morgan fingerprint density at radius 3 is 2.25 bits per heavy atom. The van der Waals surface area contributed by atoms with Gasteiger partial charge in [-0.2, -0.15) is 5.10 Å². The number of amides is 1. The standard InChI is InChI=1S/C30H25N3O2S/c1-2-35-26-17-15-25(16-18-26)33-27(22-10-5-3-6-11-22)20-24(29(33)23-12-7-4-8-13-23)21-31-32-30(34)28-14-9-19-36-28/h3-21H,2H2,1H3,(H,32,34)/b31-21-. The van der Waals surface area contributed by atoms with Gasteiger partial charge in [-0.1, -0.05) is 66.7 Å². The van der Waals surface area contributed by atoms with Crippen molar-refractivity contribution >= 4 is 23.5 Å². The first kappa shape index (κ1) is 23.3. The Balaban J connectivity index is 1.65. The number of rotatable bonds is 8. The molecular formula is C30H25N3O2S. The Kier molecular flexibility index (Phi) is 7.05. The lowest BCUT2D eigenvalue weighted by Crippen LogP contribution is -2.16. The van der Waals surface area contributed by atoms with Gasteiger partial charge in [0.15, 0.2) is 0 Å². The van der Waals surface area contributed by atoms with Crippen molar-refractivity contribution in [2.45, 2.75) is 6.92 Å². The quantitative estimate of drug-likeness (QED) is 0.187. The van der Waals surface area contributed by atoms with E-state index < -0.39 is 0 Å². The van der Waals surface area contributed by atoms with Crippen LogP contribution in [0.1, 0.15) is 22.2 Å². The lowest BCUT2D eigenvalue weighted by Gasteiger charge is -2.15. The number of hydrogen-bond donors (Lipinski definition) is 1. The second-order valence-electron chi connectivity index (χ2n) is 8.00. The van der Waals surface area contributed by atoms with Crippen molar-refractivity contribution in [3.63, 3.8) is 0 Å². The molecule has 2 heterocycles. The molecule has 3 aromatic carbocycles. The molecule has 0 fully saturated rings. The monoisotopic (exact) mass is 491 g/mol. The Morgan fingerprint density at radius 1 is 0.917 bits per heavy atom. The highest BCUT2D eigenvalue weighted by molar-refractivity contribution is 7.12. The molecule has 6 heteroatoms. The summed E-state index contributed by atoms with van der Waals surface area (Å²) in [6, 6.07) is 34.3. The van der Waals surface area contributed by atoms with E-state index >= 15 is 0 Å². The van der Waals surface area contributed by atoms with Crippen molar-refractivity contribution in [3.05, 3.63) is 119 Å². The van der Waals surface area contributed by atoms with Crippen LogP contribution in [-0.4, -0.2) is 23.3 Å². The molecule has 0 aliphatic rings. The molecule has 0 saturated heterocycles. The number of aromatic nitrogens is 1. The maximum absolute atomic E-state index is 12.4. The minimum atomic E-state index is -0.225. The zero-order valence-corrected chi connectivity index (χ0v) is 20.6. The van der Waals surface area contributed by atoms with E-state index in [4.69, 9.17) is 4.74 Å². The van der Waals surface area contributed by atoms with Gasteiger partial charge in [-0.3, -0.25) is 4.79 Å². The molecule has 0 unspecified atom stereocenters. The lowest BCUT2D eigenvalue weighted by atomic mass is 10.1. The van der Waals surface area contributed by atoms with Crippen molar-refractivity contribution in [1.82, 2.24) is 9.99 Å². The summed E-state index contributed by atoms with van der Waals surface area (Å²) in [5.74, 6) is 0.603. The number of carbonyl (C=O) groups is 1. The van der Waals surface area contributed by atoms with Gasteiger partial charge >= 0.3 is 0 Å². The molecule has 0 aliphatic heterocycles. The Morgan fingerprint density at radius 2 is 1.61 bits per heavy atom. The fourth-order valence-corrected chi connectivity index (χ4v) is 4.70. The minimum absolute atomic E-state index is 0.225. The van der Waals surface area contributed by atoms with E-state index in [9.17, 15) is 4.79 Å². The van der Waals surface area contributed by atoms with Gasteiger partial charge in [0.25, 0.3) is 5.91 Å². The molecule has 5 rings (SSSR count). The molecule has 1 amide bonds. The molecule has 0 radical (unpaired) electrons. The van der Waals surface area contributed by atoms with Crippen molar-refractivity contribution in [1.29, 1.82) is 0 Å². The highest BCUT2D eigenvalue weighted by Crippen LogP contribution is 2.35. The summed E-state index contributed by atoms with van der Waals surface area (Å²) < 4.78 is 7.89. The van der Waals surface area contributed by atoms with Gasteiger partial charge in [-0.05, 0) is 59.8 Å². The van der Waals surface area contributed by atoms with Crippen molar-refractivity contribution < 1.29 is 9.53 Å². The van der Waals surface area contributed by atoms with Gasteiger partial charge in [0.2, 0.25) is 0 Å². The van der Waals surface area contributed by atoms with Crippen LogP contribution in [0, 0.1) is 0 Å². The van der Waals surface area contributed by atoms with E-state index in [1.54, 1.807) is 12.3 Å². The fraction of sp³-hybridized carbons (Fsp3) is 0.0667. The molecule has 0 saturated carbocycles. The maximum atomic E-state index is 12.4. The summed E-state index contributed by atoms with van der Waals surface area (Å²) in [6.45, 7) is 2.59. The van der Waals surface area contributed by atoms with Crippen LogP contribution in [0.3, 0.4) is 0 Å². The molecule has 1 N–H and O–H groups in total. The fourth-order valence-electron chi connectivity index (χ4n) is 4.09. The molecule has 2 aromatic heterocycles. The second-order valence-corrected chi connectivity index (χ2v) is 8.95. The third-order valence-corrected chi connectivity index (χ3v) is 6.54. The SMILES string of the molecule is CCOc1ccc(-n2c(-c3ccccc3)cc(/C=N\NC(=O)c3cccs3)c2-c2ccccc2)cc1. The molecule has 36 heavy (non-hydrogen) atoms. The zero-order chi connectivity index (χ0) is 24.7. The minimum Gasteiger partial charge on any atom is -0.494 e. The molecule has 0 bridgehead atoms. The molecule has 5 aromatic rings. The average Bonchev–Trinajstić information content (AvgIpc) is 3.59. The normalized spacial score (nSPS) is 11.0. The summed E-state index contributed by atoms with van der Waals surface area (Å²) >= 11 is 1.38. The topological polar surface area (TPSA) is 55.6 Å². The molecule has 178 valence electrons. The van der Waals surface area contributed by atoms with E-state index in [2.05, 4.69) is 57.6 Å². The van der Waals surface area contributed by atoms with Crippen LogP contribution in [0.4, 0.5) is 0 Å². The largest absolute Gasteiger partial charge is 0.494 e. The van der Waals surface area contributed by atoms with Crippen molar-refractivity contribution in [3.8, 4) is 34.0 Å². The Labute approximate surface area is 214 Å². The highest BCUT2D eigenvalue weighted by Gasteiger charge is 2.19. The van der Waals surface area contributed by atoms with E-state index in [1.807, 2.05) is 66.9 Å². The predicted octanol–water partition coefficient (Wildman–Crippen LogP) is 7.04. The van der Waals surface area contributed by atoms with Crippen molar-refractivity contribution in [2.75, 3.05) is 6.61 Å². The summed E-state index contributed by atoms with van der Waals surface area (Å²) in [5, 5.41) is 6.18. The van der Waals surface area contributed by atoms with Crippen LogP contribution in [0.2, 0.25) is 0 Å². The van der Waals surface area contributed by atoms with Crippen LogP contribution < -0.4 is 10.2 Å². The molecular weight excluding hydrogens is 466 g/mol. The third kappa shape index (κ3) is 4.99. The molecule has 5 nitrogen and oxygen atoms in total. The number of nitrogens with one attached hydrogen (secondary N) is 1. The Bertz CT molecular complexity index is 1460. The zero-order valence-electron chi connectivity index (χ0n) is 19.8. The van der Waals surface area contributed by atoms with Crippen molar-refractivity contribution in [2.24, 2.45) is 5.10 Å². The number of hydrazone groups is 1. The molecule has 0 aliphatic carbocycles. The molecule has 0 atom stereocenters. The first-order chi connectivity index (χ1) is 17.7. The summed E-state index contributed by atoms with van der Waals surface area (Å²) in [5.41, 5.74) is 8.66. The first-order valence-corrected chi connectivity index (χ1v) is 12.6. The summed E-state index contributed by atoms with van der Waals surface area (Å²) in [6.07, 6.45) is 1.71. The van der Waals surface area contributed by atoms with Crippen LogP contribution in [0.15, 0.2) is 114 Å². The first-order valence-electron chi connectivity index (χ1n) is 11.7. The van der Waals surface area contributed by atoms with E-state index in [1.165, 1.54) is 11.3 Å². The number of carbonyl (C=O) groups excluding carboxylic acids is 1. The second kappa shape index (κ2) is 10.9. The number of benzene rings is 3. The smallest absolute Gasteiger partial charge is 0.281 e. The van der Waals surface area contributed by atoms with Crippen LogP contribution >= 0.6 is 11.3 Å². The number of nitrogens with zero attached hydrogens (tertiary/aromatic N) is 2.